The average molecular weight is 677 g/mol. The lowest BCUT2D eigenvalue weighted by molar-refractivity contribution is 0.446. The van der Waals surface area contributed by atoms with Gasteiger partial charge in [-0.15, -0.1) is 0 Å². The van der Waals surface area contributed by atoms with Gasteiger partial charge in [-0.2, -0.15) is 0 Å². The number of fused-ring (bicyclic) bond motifs is 6. The van der Waals surface area contributed by atoms with Crippen LogP contribution in [-0.4, -0.2) is 16.2 Å². The van der Waals surface area contributed by atoms with Gasteiger partial charge >= 0.3 is 0 Å². The van der Waals surface area contributed by atoms with Crippen LogP contribution in [0.15, 0.2) is 154 Å². The first kappa shape index (κ1) is 30.8. The van der Waals surface area contributed by atoms with Crippen LogP contribution in [0.25, 0.3) is 39.6 Å². The molecule has 254 valence electrons. The minimum atomic E-state index is -0.294. The van der Waals surface area contributed by atoms with E-state index in [9.17, 15) is 0 Å². The van der Waals surface area contributed by atoms with Crippen LogP contribution in [0.1, 0.15) is 78.5 Å². The maximum atomic E-state index is 7.02. The van der Waals surface area contributed by atoms with Gasteiger partial charge in [0.15, 0.2) is 0 Å². The van der Waals surface area contributed by atoms with Crippen molar-refractivity contribution in [1.82, 2.24) is 9.88 Å². The molecule has 5 atom stereocenters. The summed E-state index contributed by atoms with van der Waals surface area (Å²) in [5, 5.41) is 6.33. The van der Waals surface area contributed by atoms with Crippen molar-refractivity contribution in [2.75, 3.05) is 0 Å². The molecule has 10 rings (SSSR count). The summed E-state index contributed by atoms with van der Waals surface area (Å²) in [5.41, 5.74) is 8.23. The van der Waals surface area contributed by atoms with Gasteiger partial charge in [0.2, 0.25) is 0 Å². The molecule has 0 amide bonds. The molecule has 6 aromatic rings. The summed E-state index contributed by atoms with van der Waals surface area (Å²) in [6, 6.07) is 36.9. The Hall–Kier alpha value is -5.94. The van der Waals surface area contributed by atoms with Crippen molar-refractivity contribution in [3.8, 4) is 5.69 Å². The number of aromatic nitrogens is 1. The minimum absolute atomic E-state index is 0.0883. The van der Waals surface area contributed by atoms with Crippen LogP contribution in [0.4, 0.5) is 0 Å². The second kappa shape index (κ2) is 12.1. The summed E-state index contributed by atoms with van der Waals surface area (Å²) in [5.74, 6) is 3.90. The van der Waals surface area contributed by atoms with Crippen molar-refractivity contribution >= 4 is 45.6 Å². The molecule has 3 heterocycles. The van der Waals surface area contributed by atoms with Gasteiger partial charge in [0.05, 0.1) is 17.0 Å². The Morgan fingerprint density at radius 1 is 0.827 bits per heavy atom. The van der Waals surface area contributed by atoms with E-state index in [0.717, 1.165) is 41.6 Å². The highest BCUT2D eigenvalue weighted by Crippen LogP contribution is 2.49. The number of benzene rings is 4. The highest BCUT2D eigenvalue weighted by atomic mass is 16.3. The summed E-state index contributed by atoms with van der Waals surface area (Å²) in [6.45, 7) is 4.52. The number of amidine groups is 2. The maximum Gasteiger partial charge on any atom is 0.147 e. The molecule has 0 saturated carbocycles. The van der Waals surface area contributed by atoms with Crippen molar-refractivity contribution in [2.24, 2.45) is 21.3 Å². The van der Waals surface area contributed by atoms with E-state index in [1.807, 2.05) is 0 Å². The van der Waals surface area contributed by atoms with Crippen molar-refractivity contribution in [2.45, 2.75) is 44.7 Å². The zero-order valence-corrected chi connectivity index (χ0v) is 29.4. The summed E-state index contributed by atoms with van der Waals surface area (Å²) in [4.78, 5) is 10.6. The number of para-hydroxylation sites is 3. The van der Waals surface area contributed by atoms with E-state index in [4.69, 9.17) is 14.4 Å². The van der Waals surface area contributed by atoms with Crippen LogP contribution < -0.4 is 5.32 Å². The summed E-state index contributed by atoms with van der Waals surface area (Å²) < 4.78 is 9.47. The molecule has 52 heavy (non-hydrogen) atoms. The van der Waals surface area contributed by atoms with E-state index in [1.165, 1.54) is 44.2 Å². The highest BCUT2D eigenvalue weighted by molar-refractivity contribution is 6.11. The fourth-order valence-corrected chi connectivity index (χ4v) is 8.82. The van der Waals surface area contributed by atoms with Crippen molar-refractivity contribution < 1.29 is 4.42 Å². The Morgan fingerprint density at radius 3 is 2.44 bits per heavy atom. The standard InChI is InChI=1S/C47H40N4O/c1-30-26-27-37-41-34(36-23-14-22-35-33-20-10-11-24-38(33)51(42(35)36)32-18-8-4-9-19-32)21-15-25-39(41)52-43(37)40(30)45-48-44(31-16-6-3-7-17-31)49-46(50-45)47(2)28-12-5-13-29-47/h3-20,22-28,30,34,40,44H,21,29H2,1-2H3,(H,48,49,50). The van der Waals surface area contributed by atoms with Crippen molar-refractivity contribution in [1.29, 1.82) is 0 Å². The Morgan fingerprint density at radius 2 is 1.62 bits per heavy atom. The van der Waals surface area contributed by atoms with E-state index in [-0.39, 0.29) is 29.3 Å². The number of hydrogen-bond acceptors (Lipinski definition) is 4. The molecule has 3 aliphatic carbocycles. The second-order valence-corrected chi connectivity index (χ2v) is 14.8. The number of rotatable bonds is 5. The lowest BCUT2D eigenvalue weighted by atomic mass is 9.77. The molecule has 0 bridgehead atoms. The van der Waals surface area contributed by atoms with E-state index in [2.05, 4.69) is 175 Å². The number of nitrogens with one attached hydrogen (secondary N) is 1. The van der Waals surface area contributed by atoms with Gasteiger partial charge < -0.3 is 14.3 Å². The van der Waals surface area contributed by atoms with Crippen LogP contribution in [0.3, 0.4) is 0 Å². The van der Waals surface area contributed by atoms with Crippen molar-refractivity contribution in [3.63, 3.8) is 0 Å². The van der Waals surface area contributed by atoms with Gasteiger partial charge in [-0.25, -0.2) is 9.98 Å². The smallest absolute Gasteiger partial charge is 0.147 e. The molecule has 1 N–H and O–H groups in total. The highest BCUT2D eigenvalue weighted by Gasteiger charge is 2.41. The van der Waals surface area contributed by atoms with Gasteiger partial charge in [-0.05, 0) is 61.1 Å². The summed E-state index contributed by atoms with van der Waals surface area (Å²) >= 11 is 0. The minimum Gasteiger partial charge on any atom is -0.460 e. The molecule has 0 radical (unpaired) electrons. The molecule has 0 spiro atoms. The largest absolute Gasteiger partial charge is 0.460 e. The Bertz CT molecular complexity index is 2540. The molecule has 1 aliphatic heterocycles. The monoisotopic (exact) mass is 676 g/mol. The predicted molar refractivity (Wildman–Crippen MR) is 214 cm³/mol. The SMILES string of the molecule is CC1C=Cc2c(oc3c2C(c2cccc4c5ccccc5n(-c5ccccc5)c24)CC=C3)C1C1=NC(C2(C)C=CC=CC2)=NC(c2ccccc2)N1. The average Bonchev–Trinajstić information content (AvgIpc) is 3.75. The van der Waals surface area contributed by atoms with Gasteiger partial charge in [0.25, 0.3) is 0 Å². The topological polar surface area (TPSA) is 54.8 Å². The van der Waals surface area contributed by atoms with Gasteiger partial charge in [0.1, 0.15) is 29.4 Å². The molecule has 0 saturated heterocycles. The van der Waals surface area contributed by atoms with Gasteiger partial charge in [0, 0.05) is 38.9 Å². The fraction of sp³-hybridized carbons (Fsp3) is 0.191. The van der Waals surface area contributed by atoms with Crippen LogP contribution >= 0.6 is 0 Å². The molecule has 4 aromatic carbocycles. The lowest BCUT2D eigenvalue weighted by Crippen LogP contribution is -2.42. The Balaban J connectivity index is 1.13. The van der Waals surface area contributed by atoms with Crippen LogP contribution in [-0.2, 0) is 0 Å². The van der Waals surface area contributed by atoms with E-state index >= 15 is 0 Å². The van der Waals surface area contributed by atoms with Crippen molar-refractivity contribution in [3.05, 3.63) is 173 Å². The quantitative estimate of drug-likeness (QED) is 0.198. The third kappa shape index (κ3) is 4.83. The summed E-state index contributed by atoms with van der Waals surface area (Å²) in [7, 11) is 0. The van der Waals surface area contributed by atoms with Crippen LogP contribution in [0.2, 0.25) is 0 Å². The molecule has 0 fully saturated rings. The zero-order chi connectivity index (χ0) is 34.8. The molecular weight excluding hydrogens is 637 g/mol. The first-order valence-electron chi connectivity index (χ1n) is 18.5. The number of furan rings is 1. The number of hydrogen-bond donors (Lipinski definition) is 1. The second-order valence-electron chi connectivity index (χ2n) is 14.8. The molecule has 4 aliphatic rings. The maximum absolute atomic E-state index is 7.02. The first-order chi connectivity index (χ1) is 25.6. The summed E-state index contributed by atoms with van der Waals surface area (Å²) in [6.07, 6.45) is 19.3. The molecule has 2 aromatic heterocycles. The van der Waals surface area contributed by atoms with Gasteiger partial charge in [-0.1, -0.05) is 134 Å². The number of nitrogens with zero attached hydrogens (tertiary/aromatic N) is 3. The predicted octanol–water partition coefficient (Wildman–Crippen LogP) is 11.3. The molecule has 5 unspecified atom stereocenters. The first-order valence-corrected chi connectivity index (χ1v) is 18.5. The molecule has 5 heteroatoms. The molecular formula is C47H40N4O. The van der Waals surface area contributed by atoms with Crippen LogP contribution in [0, 0.1) is 11.3 Å². The lowest BCUT2D eigenvalue weighted by Gasteiger charge is -2.35. The number of aliphatic imine (C=N–C) groups is 2. The third-order valence-electron chi connectivity index (χ3n) is 11.5. The number of allylic oxidation sites excluding steroid dienone is 5. The Labute approximate surface area is 304 Å². The van der Waals surface area contributed by atoms with Gasteiger partial charge in [-0.3, -0.25) is 0 Å². The van der Waals surface area contributed by atoms with Crippen LogP contribution in [0.5, 0.6) is 0 Å². The Kier molecular flexibility index (Phi) is 7.17. The third-order valence-corrected chi connectivity index (χ3v) is 11.5. The normalized spacial score (nSPS) is 24.7. The molecule has 5 nitrogen and oxygen atoms in total. The van der Waals surface area contributed by atoms with E-state index in [0.29, 0.717) is 0 Å². The fourth-order valence-electron chi connectivity index (χ4n) is 8.82. The van der Waals surface area contributed by atoms with E-state index < -0.39 is 0 Å². The van der Waals surface area contributed by atoms with E-state index in [1.54, 1.807) is 0 Å². The zero-order valence-electron chi connectivity index (χ0n) is 29.4.